The molecule has 2 aliphatic heterocycles. The number of piperazine rings is 1. The number of hydrogen-bond donors (Lipinski definition) is 0. The standard InChI is InChI=1S/C18H27N5/c1-14(2)22-8-9-23-17(13-22)11-15-10-16(12-19-18(15)23)21-6-4-20(3)5-7-21/h10-12,14H,4-9,13H2,1-3H3. The predicted octanol–water partition coefficient (Wildman–Crippen LogP) is 2.01. The van der Waals surface area contributed by atoms with Crippen molar-refractivity contribution in [1.29, 1.82) is 0 Å². The first-order chi connectivity index (χ1) is 11.1. The van der Waals surface area contributed by atoms with Crippen molar-refractivity contribution >= 4 is 16.7 Å². The molecule has 23 heavy (non-hydrogen) atoms. The second-order valence-electron chi connectivity index (χ2n) is 7.25. The molecule has 5 heteroatoms. The van der Waals surface area contributed by atoms with E-state index in [-0.39, 0.29) is 0 Å². The molecule has 0 unspecified atom stereocenters. The molecule has 0 atom stereocenters. The summed E-state index contributed by atoms with van der Waals surface area (Å²) < 4.78 is 2.40. The maximum Gasteiger partial charge on any atom is 0.140 e. The third-order valence-corrected chi connectivity index (χ3v) is 5.38. The number of pyridine rings is 1. The zero-order valence-corrected chi connectivity index (χ0v) is 14.5. The first kappa shape index (κ1) is 15.0. The Morgan fingerprint density at radius 1 is 1.00 bits per heavy atom. The molecular weight excluding hydrogens is 286 g/mol. The molecule has 2 aliphatic rings. The van der Waals surface area contributed by atoms with Crippen LogP contribution in [0, 0.1) is 0 Å². The van der Waals surface area contributed by atoms with E-state index in [0.29, 0.717) is 6.04 Å². The van der Waals surface area contributed by atoms with Gasteiger partial charge in [0.05, 0.1) is 11.9 Å². The maximum absolute atomic E-state index is 4.81. The summed E-state index contributed by atoms with van der Waals surface area (Å²) in [5.41, 5.74) is 3.83. The number of hydrogen-bond acceptors (Lipinski definition) is 4. The van der Waals surface area contributed by atoms with Gasteiger partial charge in [-0.15, -0.1) is 0 Å². The average molecular weight is 313 g/mol. The minimum atomic E-state index is 0.607. The highest BCUT2D eigenvalue weighted by Crippen LogP contribution is 2.27. The van der Waals surface area contributed by atoms with Crippen molar-refractivity contribution in [1.82, 2.24) is 19.4 Å². The number of anilines is 1. The Kier molecular flexibility index (Phi) is 3.77. The normalized spacial score (nSPS) is 20.4. The highest BCUT2D eigenvalue weighted by molar-refractivity contribution is 5.81. The molecule has 4 rings (SSSR count). The Morgan fingerprint density at radius 2 is 1.78 bits per heavy atom. The van der Waals surface area contributed by atoms with Crippen LogP contribution in [0.4, 0.5) is 5.69 Å². The van der Waals surface area contributed by atoms with Crippen molar-refractivity contribution in [2.24, 2.45) is 0 Å². The monoisotopic (exact) mass is 313 g/mol. The quantitative estimate of drug-likeness (QED) is 0.848. The summed E-state index contributed by atoms with van der Waals surface area (Å²) in [4.78, 5) is 12.2. The van der Waals surface area contributed by atoms with Crippen LogP contribution in [-0.2, 0) is 13.1 Å². The van der Waals surface area contributed by atoms with Crippen LogP contribution in [0.3, 0.4) is 0 Å². The van der Waals surface area contributed by atoms with Gasteiger partial charge in [-0.25, -0.2) is 4.98 Å². The van der Waals surface area contributed by atoms with Gasteiger partial charge in [-0.3, -0.25) is 4.90 Å². The second-order valence-corrected chi connectivity index (χ2v) is 7.25. The van der Waals surface area contributed by atoms with Crippen molar-refractivity contribution in [3.05, 3.63) is 24.0 Å². The topological polar surface area (TPSA) is 27.5 Å². The zero-order chi connectivity index (χ0) is 16.0. The summed E-state index contributed by atoms with van der Waals surface area (Å²) in [6.45, 7) is 12.2. The van der Waals surface area contributed by atoms with E-state index in [1.165, 1.54) is 16.8 Å². The van der Waals surface area contributed by atoms with E-state index >= 15 is 0 Å². The predicted molar refractivity (Wildman–Crippen MR) is 95.0 cm³/mol. The van der Waals surface area contributed by atoms with E-state index in [4.69, 9.17) is 4.98 Å². The lowest BCUT2D eigenvalue weighted by molar-refractivity contribution is 0.178. The Morgan fingerprint density at radius 3 is 2.52 bits per heavy atom. The minimum absolute atomic E-state index is 0.607. The molecule has 5 nitrogen and oxygen atoms in total. The van der Waals surface area contributed by atoms with Gasteiger partial charge in [0, 0.05) is 62.9 Å². The fourth-order valence-corrected chi connectivity index (χ4v) is 3.76. The van der Waals surface area contributed by atoms with Crippen LogP contribution in [0.2, 0.25) is 0 Å². The second kappa shape index (κ2) is 5.80. The molecule has 4 heterocycles. The minimum Gasteiger partial charge on any atom is -0.368 e. The van der Waals surface area contributed by atoms with Crippen LogP contribution < -0.4 is 4.90 Å². The van der Waals surface area contributed by atoms with Crippen LogP contribution in [0.1, 0.15) is 19.5 Å². The first-order valence-corrected chi connectivity index (χ1v) is 8.77. The van der Waals surface area contributed by atoms with E-state index in [9.17, 15) is 0 Å². The molecule has 124 valence electrons. The van der Waals surface area contributed by atoms with Crippen molar-refractivity contribution < 1.29 is 0 Å². The first-order valence-electron chi connectivity index (χ1n) is 8.77. The lowest BCUT2D eigenvalue weighted by atomic mass is 10.2. The van der Waals surface area contributed by atoms with Gasteiger partial charge in [0.25, 0.3) is 0 Å². The van der Waals surface area contributed by atoms with Gasteiger partial charge in [-0.1, -0.05) is 0 Å². The molecule has 0 bridgehead atoms. The summed E-state index contributed by atoms with van der Waals surface area (Å²) in [7, 11) is 2.20. The molecule has 2 aromatic rings. The number of likely N-dealkylation sites (N-methyl/N-ethyl adjacent to an activating group) is 1. The Balaban J connectivity index is 1.63. The number of rotatable bonds is 2. The Labute approximate surface area is 138 Å². The van der Waals surface area contributed by atoms with Crippen LogP contribution in [0.25, 0.3) is 11.0 Å². The van der Waals surface area contributed by atoms with E-state index in [0.717, 1.165) is 51.5 Å². The third kappa shape index (κ3) is 2.72. The molecule has 0 N–H and O–H groups in total. The van der Waals surface area contributed by atoms with Crippen molar-refractivity contribution in [2.75, 3.05) is 44.7 Å². The highest BCUT2D eigenvalue weighted by atomic mass is 15.3. The summed E-state index contributed by atoms with van der Waals surface area (Å²) >= 11 is 0. The molecule has 1 saturated heterocycles. The fourth-order valence-electron chi connectivity index (χ4n) is 3.76. The van der Waals surface area contributed by atoms with E-state index in [1.807, 2.05) is 0 Å². The van der Waals surface area contributed by atoms with Gasteiger partial charge < -0.3 is 14.4 Å². The van der Waals surface area contributed by atoms with Gasteiger partial charge >= 0.3 is 0 Å². The number of aromatic nitrogens is 2. The molecular formula is C18H27N5. The van der Waals surface area contributed by atoms with Crippen LogP contribution in [0.15, 0.2) is 18.3 Å². The molecule has 1 fully saturated rings. The van der Waals surface area contributed by atoms with Crippen molar-refractivity contribution in [3.8, 4) is 0 Å². The highest BCUT2D eigenvalue weighted by Gasteiger charge is 2.22. The van der Waals surface area contributed by atoms with Crippen LogP contribution in [-0.4, -0.2) is 65.2 Å². The average Bonchev–Trinajstić information content (AvgIpc) is 2.92. The number of fused-ring (bicyclic) bond motifs is 3. The van der Waals surface area contributed by atoms with E-state index in [2.05, 4.69) is 58.5 Å². The van der Waals surface area contributed by atoms with Gasteiger partial charge in [0.15, 0.2) is 0 Å². The molecule has 0 radical (unpaired) electrons. The van der Waals surface area contributed by atoms with Crippen LogP contribution in [0.5, 0.6) is 0 Å². The third-order valence-electron chi connectivity index (χ3n) is 5.38. The van der Waals surface area contributed by atoms with E-state index in [1.54, 1.807) is 0 Å². The maximum atomic E-state index is 4.81. The number of nitrogens with zero attached hydrogens (tertiary/aromatic N) is 5. The van der Waals surface area contributed by atoms with Gasteiger partial charge in [-0.05, 0) is 33.0 Å². The summed E-state index contributed by atoms with van der Waals surface area (Å²) in [5, 5.41) is 1.29. The summed E-state index contributed by atoms with van der Waals surface area (Å²) in [5.74, 6) is 0. The molecule has 0 saturated carbocycles. The molecule has 0 amide bonds. The molecule has 0 aromatic carbocycles. The molecule has 0 spiro atoms. The molecule has 0 aliphatic carbocycles. The van der Waals surface area contributed by atoms with E-state index < -0.39 is 0 Å². The van der Waals surface area contributed by atoms with Crippen molar-refractivity contribution in [2.45, 2.75) is 33.0 Å². The summed E-state index contributed by atoms with van der Waals surface area (Å²) in [6, 6.07) is 5.28. The lowest BCUT2D eigenvalue weighted by Crippen LogP contribution is -2.44. The van der Waals surface area contributed by atoms with Gasteiger partial charge in [0.2, 0.25) is 0 Å². The van der Waals surface area contributed by atoms with Gasteiger partial charge in [0.1, 0.15) is 5.65 Å². The molecule has 2 aromatic heterocycles. The zero-order valence-electron chi connectivity index (χ0n) is 14.5. The van der Waals surface area contributed by atoms with Crippen LogP contribution >= 0.6 is 0 Å². The van der Waals surface area contributed by atoms with Crippen molar-refractivity contribution in [3.63, 3.8) is 0 Å². The lowest BCUT2D eigenvalue weighted by Gasteiger charge is -2.33. The smallest absolute Gasteiger partial charge is 0.140 e. The SMILES string of the molecule is CC(C)N1CCn2c(cc3cc(N4CCN(C)CC4)cnc32)C1. The fraction of sp³-hybridized carbons (Fsp3) is 0.611. The summed E-state index contributed by atoms with van der Waals surface area (Å²) in [6.07, 6.45) is 2.07. The van der Waals surface area contributed by atoms with Gasteiger partial charge in [-0.2, -0.15) is 0 Å². The Hall–Kier alpha value is -1.59. The Bertz CT molecular complexity index is 697. The largest absolute Gasteiger partial charge is 0.368 e.